The van der Waals surface area contributed by atoms with Gasteiger partial charge in [-0.1, -0.05) is 18.2 Å². The molecule has 1 aliphatic heterocycles. The standard InChI is InChI=1S/C31H33NO8/c1-6-39-22-12-13-23(25(17-22)40-7-2)29(33)27-28(20-9-8-10-21(16-20)36-3)32(31(35)30(27)34)18-19-11-14-24(37-4)26(15-19)38-5/h8-17,28,33H,6-7,18H2,1-5H3/b29-27-. The highest BCUT2D eigenvalue weighted by molar-refractivity contribution is 6.46. The van der Waals surface area contributed by atoms with Crippen LogP contribution >= 0.6 is 0 Å². The Morgan fingerprint density at radius 2 is 1.55 bits per heavy atom. The first kappa shape index (κ1) is 28.4. The van der Waals surface area contributed by atoms with Crippen molar-refractivity contribution in [3.05, 3.63) is 82.9 Å². The van der Waals surface area contributed by atoms with Gasteiger partial charge in [0.25, 0.3) is 11.7 Å². The van der Waals surface area contributed by atoms with Gasteiger partial charge in [-0.3, -0.25) is 9.59 Å². The number of likely N-dealkylation sites (tertiary alicyclic amines) is 1. The molecule has 1 amide bonds. The van der Waals surface area contributed by atoms with E-state index in [1.54, 1.807) is 60.7 Å². The summed E-state index contributed by atoms with van der Waals surface area (Å²) in [5, 5.41) is 11.6. The summed E-state index contributed by atoms with van der Waals surface area (Å²) in [5.41, 5.74) is 1.54. The van der Waals surface area contributed by atoms with Gasteiger partial charge in [0.2, 0.25) is 0 Å². The quantitative estimate of drug-likeness (QED) is 0.200. The minimum Gasteiger partial charge on any atom is -0.507 e. The number of hydrogen-bond donors (Lipinski definition) is 1. The molecule has 9 heteroatoms. The number of amides is 1. The molecule has 3 aromatic carbocycles. The second-order valence-corrected chi connectivity index (χ2v) is 8.92. The van der Waals surface area contributed by atoms with Gasteiger partial charge in [-0.05, 0) is 61.4 Å². The third kappa shape index (κ3) is 5.54. The molecule has 1 N–H and O–H groups in total. The lowest BCUT2D eigenvalue weighted by Crippen LogP contribution is -2.29. The zero-order valence-electron chi connectivity index (χ0n) is 23.2. The number of ketones is 1. The minimum absolute atomic E-state index is 0.0520. The molecule has 1 saturated heterocycles. The van der Waals surface area contributed by atoms with Crippen LogP contribution in [-0.2, 0) is 16.1 Å². The fourth-order valence-electron chi connectivity index (χ4n) is 4.75. The molecule has 0 aliphatic carbocycles. The van der Waals surface area contributed by atoms with E-state index in [0.29, 0.717) is 53.1 Å². The maximum atomic E-state index is 13.6. The number of nitrogens with zero attached hydrogens (tertiary/aromatic N) is 1. The molecule has 3 aromatic rings. The lowest BCUT2D eigenvalue weighted by atomic mass is 9.94. The normalized spacial score (nSPS) is 16.1. The summed E-state index contributed by atoms with van der Waals surface area (Å²) in [7, 11) is 4.60. The highest BCUT2D eigenvalue weighted by Crippen LogP contribution is 2.43. The molecule has 0 spiro atoms. The van der Waals surface area contributed by atoms with E-state index in [-0.39, 0.29) is 23.4 Å². The molecule has 0 saturated carbocycles. The largest absolute Gasteiger partial charge is 0.507 e. The molecule has 1 aliphatic rings. The van der Waals surface area contributed by atoms with Crippen LogP contribution in [-0.4, -0.2) is 56.2 Å². The van der Waals surface area contributed by atoms with Gasteiger partial charge in [0.1, 0.15) is 23.0 Å². The first-order chi connectivity index (χ1) is 19.4. The van der Waals surface area contributed by atoms with Crippen LogP contribution in [0.3, 0.4) is 0 Å². The molecule has 1 fully saturated rings. The monoisotopic (exact) mass is 547 g/mol. The van der Waals surface area contributed by atoms with Crippen LogP contribution in [0, 0.1) is 0 Å². The van der Waals surface area contributed by atoms with Crippen molar-refractivity contribution >= 4 is 17.4 Å². The van der Waals surface area contributed by atoms with E-state index in [1.165, 1.54) is 26.2 Å². The second kappa shape index (κ2) is 12.5. The van der Waals surface area contributed by atoms with Crippen LogP contribution in [0.5, 0.6) is 28.7 Å². The third-order valence-corrected chi connectivity index (χ3v) is 6.57. The zero-order chi connectivity index (χ0) is 28.8. The Balaban J connectivity index is 1.88. The van der Waals surface area contributed by atoms with Gasteiger partial charge in [-0.15, -0.1) is 0 Å². The first-order valence-electron chi connectivity index (χ1n) is 12.9. The molecule has 40 heavy (non-hydrogen) atoms. The number of benzene rings is 3. The van der Waals surface area contributed by atoms with E-state index in [0.717, 1.165) is 0 Å². The predicted molar refractivity (Wildman–Crippen MR) is 149 cm³/mol. The number of hydrogen-bond acceptors (Lipinski definition) is 8. The summed E-state index contributed by atoms with van der Waals surface area (Å²) in [5.74, 6) is 0.581. The van der Waals surface area contributed by atoms with E-state index in [4.69, 9.17) is 23.7 Å². The average Bonchev–Trinajstić information content (AvgIpc) is 3.22. The Labute approximate surface area is 233 Å². The fourth-order valence-corrected chi connectivity index (χ4v) is 4.75. The van der Waals surface area contributed by atoms with Gasteiger partial charge >= 0.3 is 0 Å². The summed E-state index contributed by atoms with van der Waals surface area (Å²) in [4.78, 5) is 28.5. The molecule has 0 bridgehead atoms. The summed E-state index contributed by atoms with van der Waals surface area (Å²) < 4.78 is 27.5. The highest BCUT2D eigenvalue weighted by atomic mass is 16.5. The van der Waals surface area contributed by atoms with E-state index in [1.807, 2.05) is 13.8 Å². The van der Waals surface area contributed by atoms with Crippen molar-refractivity contribution in [2.75, 3.05) is 34.5 Å². The van der Waals surface area contributed by atoms with Crippen LogP contribution < -0.4 is 23.7 Å². The maximum absolute atomic E-state index is 13.6. The highest BCUT2D eigenvalue weighted by Gasteiger charge is 2.46. The Bertz CT molecular complexity index is 1430. The number of aliphatic hydroxyl groups excluding tert-OH is 1. The number of Topliss-reactive ketones (excluding diaryl/α,β-unsaturated/α-hetero) is 1. The third-order valence-electron chi connectivity index (χ3n) is 6.57. The van der Waals surface area contributed by atoms with Gasteiger partial charge in [0.05, 0.1) is 51.7 Å². The van der Waals surface area contributed by atoms with Crippen LogP contribution in [0.2, 0.25) is 0 Å². The molecule has 210 valence electrons. The topological polar surface area (TPSA) is 104 Å². The van der Waals surface area contributed by atoms with Crippen molar-refractivity contribution in [1.29, 1.82) is 0 Å². The van der Waals surface area contributed by atoms with E-state index in [2.05, 4.69) is 0 Å². The molecular weight excluding hydrogens is 514 g/mol. The Morgan fingerprint density at radius 1 is 0.800 bits per heavy atom. The minimum atomic E-state index is -0.899. The van der Waals surface area contributed by atoms with Crippen LogP contribution in [0.4, 0.5) is 0 Å². The van der Waals surface area contributed by atoms with Gasteiger partial charge in [0.15, 0.2) is 11.5 Å². The Morgan fingerprint density at radius 3 is 2.23 bits per heavy atom. The molecule has 1 atom stereocenters. The van der Waals surface area contributed by atoms with Crippen LogP contribution in [0.1, 0.15) is 36.6 Å². The number of aliphatic hydroxyl groups is 1. The van der Waals surface area contributed by atoms with E-state index < -0.39 is 17.7 Å². The van der Waals surface area contributed by atoms with E-state index in [9.17, 15) is 14.7 Å². The Kier molecular flexibility index (Phi) is 8.83. The number of ether oxygens (including phenoxy) is 5. The maximum Gasteiger partial charge on any atom is 0.295 e. The van der Waals surface area contributed by atoms with Gasteiger partial charge in [-0.25, -0.2) is 0 Å². The van der Waals surface area contributed by atoms with Crippen LogP contribution in [0.25, 0.3) is 5.76 Å². The molecule has 1 unspecified atom stereocenters. The van der Waals surface area contributed by atoms with Crippen molar-refractivity contribution in [2.45, 2.75) is 26.4 Å². The van der Waals surface area contributed by atoms with Crippen LogP contribution in [0.15, 0.2) is 66.2 Å². The number of carbonyl (C=O) groups excluding carboxylic acids is 2. The molecular formula is C31H33NO8. The summed E-state index contributed by atoms with van der Waals surface area (Å²) in [6, 6.07) is 16.4. The van der Waals surface area contributed by atoms with Crippen molar-refractivity contribution < 1.29 is 38.4 Å². The lowest BCUT2D eigenvalue weighted by molar-refractivity contribution is -0.140. The van der Waals surface area contributed by atoms with Gasteiger partial charge < -0.3 is 33.7 Å². The fraction of sp³-hybridized carbons (Fsp3) is 0.290. The molecule has 0 aromatic heterocycles. The average molecular weight is 548 g/mol. The predicted octanol–water partition coefficient (Wildman–Crippen LogP) is 5.13. The number of carbonyl (C=O) groups is 2. The van der Waals surface area contributed by atoms with E-state index >= 15 is 0 Å². The van der Waals surface area contributed by atoms with Crippen molar-refractivity contribution in [3.8, 4) is 28.7 Å². The summed E-state index contributed by atoms with van der Waals surface area (Å²) in [6.45, 7) is 4.53. The van der Waals surface area contributed by atoms with Crippen molar-refractivity contribution in [3.63, 3.8) is 0 Å². The van der Waals surface area contributed by atoms with Crippen molar-refractivity contribution in [1.82, 2.24) is 4.90 Å². The summed E-state index contributed by atoms with van der Waals surface area (Å²) >= 11 is 0. The second-order valence-electron chi connectivity index (χ2n) is 8.92. The Hall–Kier alpha value is -4.66. The van der Waals surface area contributed by atoms with Crippen molar-refractivity contribution in [2.24, 2.45) is 0 Å². The molecule has 0 radical (unpaired) electrons. The zero-order valence-corrected chi connectivity index (χ0v) is 23.2. The number of rotatable bonds is 11. The van der Waals surface area contributed by atoms with Gasteiger partial charge in [-0.2, -0.15) is 0 Å². The molecule has 9 nitrogen and oxygen atoms in total. The number of methoxy groups -OCH3 is 3. The molecule has 4 rings (SSSR count). The lowest BCUT2D eigenvalue weighted by Gasteiger charge is -2.26. The summed E-state index contributed by atoms with van der Waals surface area (Å²) in [6.07, 6.45) is 0. The van der Waals surface area contributed by atoms with Gasteiger partial charge in [0, 0.05) is 12.6 Å². The first-order valence-corrected chi connectivity index (χ1v) is 12.9. The SMILES string of the molecule is CCOc1ccc(/C(O)=C2/C(=O)C(=O)N(Cc3ccc(OC)c(OC)c3)C2c2cccc(OC)c2)c(OCC)c1. The molecule has 1 heterocycles. The smallest absolute Gasteiger partial charge is 0.295 e.